The van der Waals surface area contributed by atoms with E-state index in [2.05, 4.69) is 39.3 Å². The lowest BCUT2D eigenvalue weighted by Crippen LogP contribution is -2.28. The van der Waals surface area contributed by atoms with E-state index in [0.29, 0.717) is 13.1 Å². The lowest BCUT2D eigenvalue weighted by atomic mass is 10.1. The largest absolute Gasteiger partial charge is 0.378 e. The maximum Gasteiger partial charge on any atom is 0.251 e. The monoisotopic (exact) mass is 385 g/mol. The number of nitrogens with one attached hydrogen (secondary N) is 3. The van der Waals surface area contributed by atoms with Crippen molar-refractivity contribution in [1.82, 2.24) is 20.2 Å². The van der Waals surface area contributed by atoms with Crippen molar-refractivity contribution in [1.29, 1.82) is 0 Å². The molecule has 0 unspecified atom stereocenters. The van der Waals surface area contributed by atoms with Crippen molar-refractivity contribution in [3.63, 3.8) is 0 Å². The second kappa shape index (κ2) is 12.2. The Morgan fingerprint density at radius 3 is 2.61 bits per heavy atom. The molecule has 6 heteroatoms. The van der Waals surface area contributed by atoms with Crippen LogP contribution in [0.15, 0.2) is 30.6 Å². The van der Waals surface area contributed by atoms with E-state index in [9.17, 15) is 4.79 Å². The third kappa shape index (κ3) is 7.00. The van der Waals surface area contributed by atoms with E-state index in [-0.39, 0.29) is 5.91 Å². The van der Waals surface area contributed by atoms with E-state index in [1.54, 1.807) is 12.4 Å². The Bertz CT molecular complexity index is 693. The topological polar surface area (TPSA) is 73.1 Å². The molecule has 1 heterocycles. The third-order valence-corrected chi connectivity index (χ3v) is 4.85. The summed E-state index contributed by atoms with van der Waals surface area (Å²) in [6, 6.07) is 5.79. The standard InChI is InChI=1S/C22H35N5O/c1-4-14-27(15-5-2)16-7-6-11-25-22(28)19-9-8-10-20(18(19)3)26-17-21-23-12-13-24-21/h8-10,12-13,26H,4-7,11,14-17H2,1-3H3,(H,23,24)(H,25,28). The first-order chi connectivity index (χ1) is 13.7. The molecular formula is C22H35N5O. The van der Waals surface area contributed by atoms with Crippen LogP contribution in [0.1, 0.15) is 61.3 Å². The predicted molar refractivity (Wildman–Crippen MR) is 116 cm³/mol. The van der Waals surface area contributed by atoms with Crippen LogP contribution in [0.5, 0.6) is 0 Å². The molecule has 0 saturated heterocycles. The molecule has 1 aromatic heterocycles. The normalized spacial score (nSPS) is 11.0. The van der Waals surface area contributed by atoms with Crippen molar-refractivity contribution >= 4 is 11.6 Å². The summed E-state index contributed by atoms with van der Waals surface area (Å²) in [5.41, 5.74) is 2.64. The fourth-order valence-electron chi connectivity index (χ4n) is 3.37. The summed E-state index contributed by atoms with van der Waals surface area (Å²) in [6.45, 7) is 11.2. The van der Waals surface area contributed by atoms with Gasteiger partial charge >= 0.3 is 0 Å². The van der Waals surface area contributed by atoms with Gasteiger partial charge in [-0.25, -0.2) is 4.98 Å². The molecule has 0 spiro atoms. The smallest absolute Gasteiger partial charge is 0.251 e. The van der Waals surface area contributed by atoms with Crippen molar-refractivity contribution in [2.45, 2.75) is 53.0 Å². The van der Waals surface area contributed by atoms with Crippen LogP contribution in [-0.2, 0) is 6.54 Å². The van der Waals surface area contributed by atoms with E-state index >= 15 is 0 Å². The Labute approximate surface area is 169 Å². The number of anilines is 1. The van der Waals surface area contributed by atoms with Crippen molar-refractivity contribution in [2.24, 2.45) is 0 Å². The Balaban J connectivity index is 1.78. The first-order valence-corrected chi connectivity index (χ1v) is 10.5. The van der Waals surface area contributed by atoms with Gasteiger partial charge in [0.2, 0.25) is 0 Å². The molecule has 2 aromatic rings. The first-order valence-electron chi connectivity index (χ1n) is 10.5. The zero-order valence-electron chi connectivity index (χ0n) is 17.6. The minimum absolute atomic E-state index is 0.00174. The highest BCUT2D eigenvalue weighted by Crippen LogP contribution is 2.19. The number of nitrogens with zero attached hydrogens (tertiary/aromatic N) is 2. The van der Waals surface area contributed by atoms with Gasteiger partial charge in [0.1, 0.15) is 5.82 Å². The van der Waals surface area contributed by atoms with Gasteiger partial charge in [-0.05, 0) is 69.9 Å². The molecule has 2 rings (SSSR count). The number of rotatable bonds is 13. The number of carbonyl (C=O) groups is 1. The van der Waals surface area contributed by atoms with E-state index < -0.39 is 0 Å². The number of aromatic amines is 1. The number of amides is 1. The van der Waals surface area contributed by atoms with Crippen LogP contribution in [0, 0.1) is 6.92 Å². The lowest BCUT2D eigenvalue weighted by Gasteiger charge is -2.20. The van der Waals surface area contributed by atoms with Crippen LogP contribution in [-0.4, -0.2) is 47.0 Å². The Morgan fingerprint density at radius 1 is 1.14 bits per heavy atom. The number of unbranched alkanes of at least 4 members (excludes halogenated alkanes) is 1. The minimum Gasteiger partial charge on any atom is -0.378 e. The van der Waals surface area contributed by atoms with Crippen molar-refractivity contribution in [2.75, 3.05) is 31.5 Å². The molecule has 0 bridgehead atoms. The molecule has 6 nitrogen and oxygen atoms in total. The summed E-state index contributed by atoms with van der Waals surface area (Å²) >= 11 is 0. The van der Waals surface area contributed by atoms with Crippen LogP contribution in [0.25, 0.3) is 0 Å². The zero-order valence-corrected chi connectivity index (χ0v) is 17.6. The van der Waals surface area contributed by atoms with Crippen LogP contribution < -0.4 is 10.6 Å². The van der Waals surface area contributed by atoms with Crippen LogP contribution in [0.3, 0.4) is 0 Å². The molecule has 0 saturated carbocycles. The number of imidazole rings is 1. The molecule has 0 aliphatic rings. The average Bonchev–Trinajstić information content (AvgIpc) is 3.20. The number of carbonyl (C=O) groups excluding carboxylic acids is 1. The van der Waals surface area contributed by atoms with Crippen LogP contribution >= 0.6 is 0 Å². The molecule has 1 aromatic carbocycles. The van der Waals surface area contributed by atoms with Gasteiger partial charge in [0.05, 0.1) is 6.54 Å². The molecule has 0 atom stereocenters. The number of aromatic nitrogens is 2. The van der Waals surface area contributed by atoms with E-state index in [0.717, 1.165) is 55.1 Å². The summed E-state index contributed by atoms with van der Waals surface area (Å²) in [4.78, 5) is 22.4. The van der Waals surface area contributed by atoms with Crippen molar-refractivity contribution in [3.8, 4) is 0 Å². The van der Waals surface area contributed by atoms with E-state index in [4.69, 9.17) is 0 Å². The summed E-state index contributed by atoms with van der Waals surface area (Å²) in [7, 11) is 0. The molecule has 0 radical (unpaired) electrons. The molecule has 0 aliphatic carbocycles. The molecule has 28 heavy (non-hydrogen) atoms. The molecule has 3 N–H and O–H groups in total. The molecule has 0 aliphatic heterocycles. The Morgan fingerprint density at radius 2 is 1.93 bits per heavy atom. The molecule has 0 fully saturated rings. The average molecular weight is 386 g/mol. The van der Waals surface area contributed by atoms with Gasteiger partial charge < -0.3 is 20.5 Å². The van der Waals surface area contributed by atoms with E-state index in [1.165, 1.54) is 12.8 Å². The Hall–Kier alpha value is -2.34. The number of H-pyrrole nitrogens is 1. The maximum absolute atomic E-state index is 12.6. The first kappa shape index (κ1) is 22.0. The lowest BCUT2D eigenvalue weighted by molar-refractivity contribution is 0.0952. The maximum atomic E-state index is 12.6. The zero-order chi connectivity index (χ0) is 20.2. The summed E-state index contributed by atoms with van der Waals surface area (Å²) in [5, 5.41) is 6.41. The number of hydrogen-bond donors (Lipinski definition) is 3. The predicted octanol–water partition coefficient (Wildman–Crippen LogP) is 3.96. The van der Waals surface area contributed by atoms with Gasteiger partial charge in [-0.3, -0.25) is 4.79 Å². The SMILES string of the molecule is CCCN(CCC)CCCCNC(=O)c1cccc(NCc2ncc[nH]2)c1C. The summed E-state index contributed by atoms with van der Waals surface area (Å²) in [6.07, 6.45) is 8.05. The van der Waals surface area contributed by atoms with Gasteiger partial charge in [-0.2, -0.15) is 0 Å². The van der Waals surface area contributed by atoms with E-state index in [1.807, 2.05) is 25.1 Å². The molecule has 1 amide bonds. The van der Waals surface area contributed by atoms with Crippen molar-refractivity contribution < 1.29 is 4.79 Å². The summed E-state index contributed by atoms with van der Waals surface area (Å²) < 4.78 is 0. The van der Waals surface area contributed by atoms with Gasteiger partial charge in [-0.15, -0.1) is 0 Å². The minimum atomic E-state index is -0.00174. The fraction of sp³-hybridized carbons (Fsp3) is 0.545. The molecular weight excluding hydrogens is 350 g/mol. The number of benzene rings is 1. The van der Waals surface area contributed by atoms with Crippen molar-refractivity contribution in [3.05, 3.63) is 47.5 Å². The highest BCUT2D eigenvalue weighted by atomic mass is 16.1. The third-order valence-electron chi connectivity index (χ3n) is 4.85. The second-order valence-electron chi connectivity index (χ2n) is 7.17. The fourth-order valence-corrected chi connectivity index (χ4v) is 3.37. The highest BCUT2D eigenvalue weighted by molar-refractivity contribution is 5.97. The van der Waals surface area contributed by atoms with Gasteiger partial charge in [0, 0.05) is 30.2 Å². The molecule has 154 valence electrons. The Kier molecular flexibility index (Phi) is 9.55. The highest BCUT2D eigenvalue weighted by Gasteiger charge is 2.11. The van der Waals surface area contributed by atoms with Crippen LogP contribution in [0.2, 0.25) is 0 Å². The number of hydrogen-bond acceptors (Lipinski definition) is 4. The quantitative estimate of drug-likeness (QED) is 0.456. The van der Waals surface area contributed by atoms with Gasteiger partial charge in [-0.1, -0.05) is 19.9 Å². The van der Waals surface area contributed by atoms with Gasteiger partial charge in [0.25, 0.3) is 5.91 Å². The second-order valence-corrected chi connectivity index (χ2v) is 7.17. The van der Waals surface area contributed by atoms with Gasteiger partial charge in [0.15, 0.2) is 0 Å². The van der Waals surface area contributed by atoms with Crippen LogP contribution in [0.4, 0.5) is 5.69 Å². The summed E-state index contributed by atoms with van der Waals surface area (Å²) in [5.74, 6) is 0.868.